The first-order valence-electron chi connectivity index (χ1n) is 9.27. The van der Waals surface area contributed by atoms with E-state index in [0.717, 1.165) is 61.9 Å². The van der Waals surface area contributed by atoms with Gasteiger partial charge in [-0.25, -0.2) is 0 Å². The zero-order chi connectivity index (χ0) is 18.7. The second kappa shape index (κ2) is 7.82. The zero-order valence-electron chi connectivity index (χ0n) is 15.0. The number of amides is 1. The molecule has 1 unspecified atom stereocenters. The number of nitrogens with one attached hydrogen (secondary N) is 2. The summed E-state index contributed by atoms with van der Waals surface area (Å²) < 4.78 is 38.1. The van der Waals surface area contributed by atoms with Gasteiger partial charge in [-0.2, -0.15) is 13.2 Å². The largest absolute Gasteiger partial charge is 0.471 e. The number of allylic oxidation sites excluding steroid dienone is 2. The SMILES string of the molecule is CC1CC=C(c2cc(C3CCNCC3)ccc2NC(=O)C(F)(F)F)CC1. The Morgan fingerprint density at radius 3 is 2.54 bits per heavy atom. The van der Waals surface area contributed by atoms with Crippen molar-refractivity contribution in [3.05, 3.63) is 35.4 Å². The van der Waals surface area contributed by atoms with Gasteiger partial charge in [0.1, 0.15) is 0 Å². The third-order valence-corrected chi connectivity index (χ3v) is 5.38. The molecule has 3 rings (SSSR count). The van der Waals surface area contributed by atoms with Crippen LogP contribution in [0.1, 0.15) is 56.1 Å². The van der Waals surface area contributed by atoms with Crippen LogP contribution in [0.5, 0.6) is 0 Å². The monoisotopic (exact) mass is 366 g/mol. The van der Waals surface area contributed by atoms with Crippen LogP contribution in [0.3, 0.4) is 0 Å². The summed E-state index contributed by atoms with van der Waals surface area (Å²) in [6.45, 7) is 4.07. The van der Waals surface area contributed by atoms with Gasteiger partial charge in [-0.1, -0.05) is 19.1 Å². The van der Waals surface area contributed by atoms with E-state index in [1.54, 1.807) is 6.07 Å². The van der Waals surface area contributed by atoms with Crippen LogP contribution in [0.25, 0.3) is 5.57 Å². The first kappa shape index (κ1) is 19.0. The maximum Gasteiger partial charge on any atom is 0.471 e. The highest BCUT2D eigenvalue weighted by atomic mass is 19.4. The van der Waals surface area contributed by atoms with E-state index in [4.69, 9.17) is 0 Å². The Morgan fingerprint density at radius 1 is 1.19 bits per heavy atom. The molecule has 1 aromatic carbocycles. The average molecular weight is 366 g/mol. The lowest BCUT2D eigenvalue weighted by molar-refractivity contribution is -0.167. The highest BCUT2D eigenvalue weighted by molar-refractivity contribution is 5.97. The van der Waals surface area contributed by atoms with Crippen molar-refractivity contribution < 1.29 is 18.0 Å². The van der Waals surface area contributed by atoms with Crippen LogP contribution in [0, 0.1) is 5.92 Å². The summed E-state index contributed by atoms with van der Waals surface area (Å²) in [6, 6.07) is 5.48. The minimum atomic E-state index is -4.89. The first-order chi connectivity index (χ1) is 12.3. The second-order valence-corrected chi connectivity index (χ2v) is 7.39. The van der Waals surface area contributed by atoms with Crippen LogP contribution >= 0.6 is 0 Å². The molecule has 0 radical (unpaired) electrons. The molecule has 1 saturated heterocycles. The van der Waals surface area contributed by atoms with Crippen molar-refractivity contribution in [3.8, 4) is 0 Å². The third kappa shape index (κ3) is 4.47. The molecule has 1 aromatic rings. The fraction of sp³-hybridized carbons (Fsp3) is 0.550. The molecule has 0 saturated carbocycles. The smallest absolute Gasteiger partial charge is 0.318 e. The van der Waals surface area contributed by atoms with Gasteiger partial charge in [-0.3, -0.25) is 4.79 Å². The minimum absolute atomic E-state index is 0.255. The first-order valence-corrected chi connectivity index (χ1v) is 9.27. The van der Waals surface area contributed by atoms with Crippen molar-refractivity contribution in [3.63, 3.8) is 0 Å². The predicted molar refractivity (Wildman–Crippen MR) is 97.0 cm³/mol. The number of halogens is 3. The van der Waals surface area contributed by atoms with Gasteiger partial charge in [-0.05, 0) is 80.3 Å². The molecule has 1 amide bonds. The predicted octanol–water partition coefficient (Wildman–Crippen LogP) is 4.86. The van der Waals surface area contributed by atoms with E-state index in [9.17, 15) is 18.0 Å². The number of alkyl halides is 3. The molecule has 0 bridgehead atoms. The molecule has 142 valence electrons. The summed E-state index contributed by atoms with van der Waals surface area (Å²) >= 11 is 0. The van der Waals surface area contributed by atoms with Crippen molar-refractivity contribution >= 4 is 17.2 Å². The molecule has 6 heteroatoms. The Hall–Kier alpha value is -1.82. The molecule has 1 aliphatic heterocycles. The number of rotatable bonds is 3. The average Bonchev–Trinajstić information content (AvgIpc) is 2.63. The van der Waals surface area contributed by atoms with Gasteiger partial charge in [0.05, 0.1) is 0 Å². The molecule has 2 aliphatic rings. The summed E-state index contributed by atoms with van der Waals surface area (Å²) in [5.41, 5.74) is 3.18. The van der Waals surface area contributed by atoms with Gasteiger partial charge in [0.25, 0.3) is 0 Å². The Morgan fingerprint density at radius 2 is 1.92 bits per heavy atom. The fourth-order valence-corrected chi connectivity index (χ4v) is 3.75. The molecule has 1 heterocycles. The molecule has 0 aromatic heterocycles. The van der Waals surface area contributed by atoms with Crippen molar-refractivity contribution in [2.45, 2.75) is 51.1 Å². The van der Waals surface area contributed by atoms with E-state index >= 15 is 0 Å². The standard InChI is InChI=1S/C20H25F3N2O/c1-13-2-4-15(5-3-13)17-12-16(14-8-10-24-11-9-14)6-7-18(17)25-19(26)20(21,22)23/h4,6-7,12-14,24H,2-3,5,8-11H2,1H3,(H,25,26). The summed E-state index contributed by atoms with van der Waals surface area (Å²) in [5, 5.41) is 5.40. The third-order valence-electron chi connectivity index (χ3n) is 5.38. The molecule has 26 heavy (non-hydrogen) atoms. The van der Waals surface area contributed by atoms with Crippen LogP contribution in [0.15, 0.2) is 24.3 Å². The lowest BCUT2D eigenvalue weighted by Crippen LogP contribution is -2.30. The Kier molecular flexibility index (Phi) is 5.70. The molecule has 3 nitrogen and oxygen atoms in total. The lowest BCUT2D eigenvalue weighted by atomic mass is 9.84. The van der Waals surface area contributed by atoms with Crippen LogP contribution in [-0.2, 0) is 4.79 Å². The number of anilines is 1. The van der Waals surface area contributed by atoms with Gasteiger partial charge >= 0.3 is 12.1 Å². The van der Waals surface area contributed by atoms with E-state index in [1.165, 1.54) is 0 Å². The molecular formula is C20H25F3N2O. The number of hydrogen-bond acceptors (Lipinski definition) is 2. The maximum atomic E-state index is 12.7. The van der Waals surface area contributed by atoms with E-state index < -0.39 is 12.1 Å². The minimum Gasteiger partial charge on any atom is -0.318 e. The van der Waals surface area contributed by atoms with E-state index in [1.807, 2.05) is 12.1 Å². The fourth-order valence-electron chi connectivity index (χ4n) is 3.75. The molecular weight excluding hydrogens is 341 g/mol. The van der Waals surface area contributed by atoms with Crippen molar-refractivity contribution in [2.75, 3.05) is 18.4 Å². The Labute approximate surface area is 152 Å². The summed E-state index contributed by atoms with van der Waals surface area (Å²) in [4.78, 5) is 11.4. The van der Waals surface area contributed by atoms with Crippen molar-refractivity contribution in [1.82, 2.24) is 5.32 Å². The topological polar surface area (TPSA) is 41.1 Å². The van der Waals surface area contributed by atoms with E-state index in [0.29, 0.717) is 11.8 Å². The lowest BCUT2D eigenvalue weighted by Gasteiger charge is -2.26. The van der Waals surface area contributed by atoms with Crippen LogP contribution in [0.2, 0.25) is 0 Å². The summed E-state index contributed by atoms with van der Waals surface area (Å²) in [7, 11) is 0. The molecule has 1 aliphatic carbocycles. The second-order valence-electron chi connectivity index (χ2n) is 7.39. The molecule has 0 spiro atoms. The molecule has 2 N–H and O–H groups in total. The van der Waals surface area contributed by atoms with Gasteiger partial charge in [-0.15, -0.1) is 0 Å². The Bertz CT molecular complexity index is 691. The summed E-state index contributed by atoms with van der Waals surface area (Å²) in [5.74, 6) is -0.928. The number of carbonyl (C=O) groups excluding carboxylic acids is 1. The van der Waals surface area contributed by atoms with E-state index in [2.05, 4.69) is 23.6 Å². The van der Waals surface area contributed by atoms with Gasteiger partial charge in [0.15, 0.2) is 0 Å². The highest BCUT2D eigenvalue weighted by Crippen LogP contribution is 2.37. The molecule has 1 fully saturated rings. The van der Waals surface area contributed by atoms with Gasteiger partial charge < -0.3 is 10.6 Å². The van der Waals surface area contributed by atoms with Gasteiger partial charge in [0.2, 0.25) is 0 Å². The number of benzene rings is 1. The van der Waals surface area contributed by atoms with Crippen LogP contribution in [-0.4, -0.2) is 25.2 Å². The highest BCUT2D eigenvalue weighted by Gasteiger charge is 2.39. The summed E-state index contributed by atoms with van der Waals surface area (Å²) in [6.07, 6.45) is 2.01. The van der Waals surface area contributed by atoms with E-state index in [-0.39, 0.29) is 5.69 Å². The number of carbonyl (C=O) groups is 1. The van der Waals surface area contributed by atoms with Crippen LogP contribution < -0.4 is 10.6 Å². The Balaban J connectivity index is 1.93. The van der Waals surface area contributed by atoms with Crippen molar-refractivity contribution in [1.29, 1.82) is 0 Å². The van der Waals surface area contributed by atoms with Crippen LogP contribution in [0.4, 0.5) is 18.9 Å². The normalized spacial score (nSPS) is 22.0. The number of piperidine rings is 1. The quantitative estimate of drug-likeness (QED) is 0.802. The van der Waals surface area contributed by atoms with Gasteiger partial charge in [0, 0.05) is 11.3 Å². The maximum absolute atomic E-state index is 12.7. The van der Waals surface area contributed by atoms with Crippen molar-refractivity contribution in [2.24, 2.45) is 5.92 Å². The number of hydrogen-bond donors (Lipinski definition) is 2. The zero-order valence-corrected chi connectivity index (χ0v) is 15.0. The molecule has 1 atom stereocenters.